The third-order valence-electron chi connectivity index (χ3n) is 4.85. The number of esters is 1. The molecule has 7 heteroatoms. The lowest BCUT2D eigenvalue weighted by Gasteiger charge is -2.27. The van der Waals surface area contributed by atoms with Crippen molar-refractivity contribution in [1.29, 1.82) is 0 Å². The molecule has 0 radical (unpaired) electrons. The van der Waals surface area contributed by atoms with Gasteiger partial charge in [0.05, 0.1) is 18.9 Å². The van der Waals surface area contributed by atoms with E-state index in [-0.39, 0.29) is 5.91 Å². The SMILES string of the molecule is COC(=O)[C@]1(C)N[C@@H](c2ccc(F)cc2)[C@H]2C(=O)N(C)C(=O)[C@@H]21. The van der Waals surface area contributed by atoms with Crippen molar-refractivity contribution in [3.8, 4) is 0 Å². The van der Waals surface area contributed by atoms with Crippen molar-refractivity contribution in [3.63, 3.8) is 0 Å². The maximum Gasteiger partial charge on any atom is 0.326 e. The third-order valence-corrected chi connectivity index (χ3v) is 4.85. The van der Waals surface area contributed by atoms with Crippen LogP contribution in [0.4, 0.5) is 4.39 Å². The highest BCUT2D eigenvalue weighted by atomic mass is 19.1. The first-order valence-electron chi connectivity index (χ1n) is 7.24. The van der Waals surface area contributed by atoms with Crippen LogP contribution in [-0.4, -0.2) is 42.4 Å². The van der Waals surface area contributed by atoms with Gasteiger partial charge in [-0.15, -0.1) is 0 Å². The Hall–Kier alpha value is -2.28. The highest BCUT2D eigenvalue weighted by Gasteiger charge is 2.66. The number of methoxy groups -OCH3 is 1. The second kappa shape index (κ2) is 5.13. The molecule has 0 spiro atoms. The van der Waals surface area contributed by atoms with Crippen LogP contribution in [0.15, 0.2) is 24.3 Å². The fourth-order valence-electron chi connectivity index (χ4n) is 3.64. The Morgan fingerprint density at radius 3 is 2.43 bits per heavy atom. The Balaban J connectivity index is 2.09. The van der Waals surface area contributed by atoms with Gasteiger partial charge in [-0.05, 0) is 24.6 Å². The number of imide groups is 1. The number of hydrogen-bond acceptors (Lipinski definition) is 5. The quantitative estimate of drug-likeness (QED) is 0.639. The fourth-order valence-corrected chi connectivity index (χ4v) is 3.64. The van der Waals surface area contributed by atoms with E-state index in [1.54, 1.807) is 19.1 Å². The minimum Gasteiger partial charge on any atom is -0.468 e. The van der Waals surface area contributed by atoms with Gasteiger partial charge in [-0.1, -0.05) is 12.1 Å². The van der Waals surface area contributed by atoms with Crippen molar-refractivity contribution in [1.82, 2.24) is 10.2 Å². The molecule has 0 aliphatic carbocycles. The molecule has 2 aliphatic heterocycles. The maximum absolute atomic E-state index is 13.2. The average Bonchev–Trinajstić information content (AvgIpc) is 2.97. The minimum atomic E-state index is -1.31. The topological polar surface area (TPSA) is 75.7 Å². The van der Waals surface area contributed by atoms with Crippen molar-refractivity contribution >= 4 is 17.8 Å². The summed E-state index contributed by atoms with van der Waals surface area (Å²) in [6, 6.07) is 5.09. The van der Waals surface area contributed by atoms with Crippen LogP contribution in [0.1, 0.15) is 18.5 Å². The molecule has 4 atom stereocenters. The molecule has 2 heterocycles. The van der Waals surface area contributed by atoms with E-state index >= 15 is 0 Å². The summed E-state index contributed by atoms with van der Waals surface area (Å²) >= 11 is 0. The molecule has 23 heavy (non-hydrogen) atoms. The van der Waals surface area contributed by atoms with Gasteiger partial charge >= 0.3 is 5.97 Å². The van der Waals surface area contributed by atoms with E-state index in [0.29, 0.717) is 5.56 Å². The van der Waals surface area contributed by atoms with Gasteiger partial charge in [0.25, 0.3) is 0 Å². The van der Waals surface area contributed by atoms with Gasteiger partial charge in [-0.2, -0.15) is 0 Å². The molecule has 0 saturated carbocycles. The lowest BCUT2D eigenvalue weighted by atomic mass is 9.80. The standard InChI is InChI=1S/C16H17FN2O4/c1-16(15(22)23-3)11-10(13(20)19(2)14(11)21)12(18-16)8-4-6-9(17)7-5-8/h4-7,10-12,18H,1-3H3/t10-,11+,12-,16+/m0/s1. The summed E-state index contributed by atoms with van der Waals surface area (Å²) in [5.74, 6) is -3.33. The van der Waals surface area contributed by atoms with E-state index in [1.807, 2.05) is 0 Å². The molecule has 6 nitrogen and oxygen atoms in total. The molecule has 2 fully saturated rings. The smallest absolute Gasteiger partial charge is 0.326 e. The minimum absolute atomic E-state index is 0.352. The summed E-state index contributed by atoms with van der Waals surface area (Å²) in [4.78, 5) is 38.2. The van der Waals surface area contributed by atoms with Gasteiger partial charge in [0.15, 0.2) is 0 Å². The molecule has 2 saturated heterocycles. The second-order valence-corrected chi connectivity index (χ2v) is 6.11. The third kappa shape index (κ3) is 2.07. The van der Waals surface area contributed by atoms with Crippen LogP contribution in [0.2, 0.25) is 0 Å². The molecule has 0 bridgehead atoms. The second-order valence-electron chi connectivity index (χ2n) is 6.11. The van der Waals surface area contributed by atoms with E-state index in [2.05, 4.69) is 5.32 Å². The Morgan fingerprint density at radius 1 is 1.26 bits per heavy atom. The summed E-state index contributed by atoms with van der Waals surface area (Å²) in [5.41, 5.74) is -0.666. The number of hydrogen-bond donors (Lipinski definition) is 1. The monoisotopic (exact) mass is 320 g/mol. The lowest BCUT2D eigenvalue weighted by Crippen LogP contribution is -2.53. The number of nitrogens with zero attached hydrogens (tertiary/aromatic N) is 1. The number of carbonyl (C=O) groups is 3. The van der Waals surface area contributed by atoms with E-state index in [0.717, 1.165) is 4.90 Å². The molecule has 2 aliphatic rings. The normalized spacial score (nSPS) is 33.0. The largest absolute Gasteiger partial charge is 0.468 e. The summed E-state index contributed by atoms with van der Waals surface area (Å²) in [7, 11) is 2.64. The van der Waals surface area contributed by atoms with E-state index in [9.17, 15) is 18.8 Å². The number of amides is 2. The molecule has 0 aromatic heterocycles. The Kier molecular flexibility index (Phi) is 3.48. The highest BCUT2D eigenvalue weighted by Crippen LogP contribution is 2.48. The van der Waals surface area contributed by atoms with Crippen LogP contribution in [-0.2, 0) is 19.1 Å². The molecule has 0 unspecified atom stereocenters. The first kappa shape index (κ1) is 15.6. The number of benzene rings is 1. The summed E-state index contributed by atoms with van der Waals surface area (Å²) < 4.78 is 18.0. The number of ether oxygens (including phenoxy) is 1. The molecule has 1 aromatic carbocycles. The predicted octanol–water partition coefficient (Wildman–Crippen LogP) is 0.633. The predicted molar refractivity (Wildman–Crippen MR) is 77.5 cm³/mol. The molecule has 122 valence electrons. The Labute approximate surface area is 132 Å². The van der Waals surface area contributed by atoms with Gasteiger partial charge in [-0.3, -0.25) is 24.6 Å². The number of fused-ring (bicyclic) bond motifs is 1. The van der Waals surface area contributed by atoms with Crippen LogP contribution in [0.5, 0.6) is 0 Å². The number of halogens is 1. The van der Waals surface area contributed by atoms with E-state index in [1.165, 1.54) is 26.3 Å². The van der Waals surface area contributed by atoms with Crippen molar-refractivity contribution < 1.29 is 23.5 Å². The molecular weight excluding hydrogens is 303 g/mol. The van der Waals surface area contributed by atoms with Crippen LogP contribution in [0.25, 0.3) is 0 Å². The zero-order valence-corrected chi connectivity index (χ0v) is 13.0. The van der Waals surface area contributed by atoms with Gasteiger partial charge < -0.3 is 4.74 Å². The summed E-state index contributed by atoms with van der Waals surface area (Å²) in [5, 5.41) is 3.07. The van der Waals surface area contributed by atoms with Gasteiger partial charge in [0, 0.05) is 13.1 Å². The molecular formula is C16H17FN2O4. The van der Waals surface area contributed by atoms with Crippen molar-refractivity contribution in [2.45, 2.75) is 18.5 Å². The molecule has 3 rings (SSSR count). The van der Waals surface area contributed by atoms with E-state index in [4.69, 9.17) is 4.74 Å². The lowest BCUT2D eigenvalue weighted by molar-refractivity contribution is -0.152. The van der Waals surface area contributed by atoms with E-state index < -0.39 is 41.1 Å². The number of nitrogens with one attached hydrogen (secondary N) is 1. The van der Waals surface area contributed by atoms with Gasteiger partial charge in [0.1, 0.15) is 11.4 Å². The van der Waals surface area contributed by atoms with Crippen molar-refractivity contribution in [2.75, 3.05) is 14.2 Å². The Morgan fingerprint density at radius 2 is 1.87 bits per heavy atom. The first-order chi connectivity index (χ1) is 10.8. The van der Waals surface area contributed by atoms with Crippen molar-refractivity contribution in [2.24, 2.45) is 11.8 Å². The highest BCUT2D eigenvalue weighted by molar-refractivity contribution is 6.09. The van der Waals surface area contributed by atoms with Gasteiger partial charge in [0.2, 0.25) is 11.8 Å². The van der Waals surface area contributed by atoms with Crippen molar-refractivity contribution in [3.05, 3.63) is 35.6 Å². The average molecular weight is 320 g/mol. The molecule has 1 aromatic rings. The molecule has 1 N–H and O–H groups in total. The first-order valence-corrected chi connectivity index (χ1v) is 7.24. The fraction of sp³-hybridized carbons (Fsp3) is 0.438. The zero-order chi connectivity index (χ0) is 16.9. The Bertz CT molecular complexity index is 690. The number of carbonyl (C=O) groups excluding carboxylic acids is 3. The van der Waals surface area contributed by atoms with Crippen LogP contribution >= 0.6 is 0 Å². The number of likely N-dealkylation sites (tertiary alicyclic amines) is 1. The maximum atomic E-state index is 13.2. The van der Waals surface area contributed by atoms with Crippen LogP contribution < -0.4 is 5.32 Å². The summed E-state index contributed by atoms with van der Waals surface area (Å²) in [6.45, 7) is 1.56. The zero-order valence-electron chi connectivity index (χ0n) is 13.0. The van der Waals surface area contributed by atoms with Crippen LogP contribution in [0.3, 0.4) is 0 Å². The van der Waals surface area contributed by atoms with Gasteiger partial charge in [-0.25, -0.2) is 4.39 Å². The summed E-state index contributed by atoms with van der Waals surface area (Å²) in [6.07, 6.45) is 0. The number of rotatable bonds is 2. The molecule has 2 amide bonds. The van der Waals surface area contributed by atoms with Crippen LogP contribution in [0, 0.1) is 17.7 Å².